The first-order valence-corrected chi connectivity index (χ1v) is 8.94. The highest BCUT2D eigenvalue weighted by Crippen LogP contribution is 2.27. The third-order valence-corrected chi connectivity index (χ3v) is 4.71. The molecule has 0 spiro atoms. The van der Waals surface area contributed by atoms with Gasteiger partial charge in [-0.15, -0.1) is 0 Å². The van der Waals surface area contributed by atoms with Crippen LogP contribution in [-0.2, 0) is 11.3 Å². The van der Waals surface area contributed by atoms with Crippen LogP contribution in [0.3, 0.4) is 0 Å². The van der Waals surface area contributed by atoms with E-state index in [1.54, 1.807) is 7.11 Å². The Labute approximate surface area is 157 Å². The molecule has 0 aliphatic heterocycles. The van der Waals surface area contributed by atoms with Crippen LogP contribution in [0, 0.1) is 10.1 Å². The van der Waals surface area contributed by atoms with Gasteiger partial charge in [0.15, 0.2) is 4.80 Å². The first-order chi connectivity index (χ1) is 13.0. The fourth-order valence-corrected chi connectivity index (χ4v) is 3.60. The van der Waals surface area contributed by atoms with E-state index in [0.717, 1.165) is 16.3 Å². The molecule has 2 heterocycles. The summed E-state index contributed by atoms with van der Waals surface area (Å²) in [5, 5.41) is 10.7. The maximum absolute atomic E-state index is 12.4. The molecule has 1 aromatic carbocycles. The van der Waals surface area contributed by atoms with Crippen LogP contribution in [0.1, 0.15) is 17.5 Å². The van der Waals surface area contributed by atoms with Crippen LogP contribution < -0.4 is 9.54 Å². The molecule has 142 valence electrons. The summed E-state index contributed by atoms with van der Waals surface area (Å²) in [6.07, 6.45) is 0. The fourth-order valence-electron chi connectivity index (χ4n) is 2.53. The van der Waals surface area contributed by atoms with Gasteiger partial charge in [0, 0.05) is 13.7 Å². The van der Waals surface area contributed by atoms with Crippen molar-refractivity contribution >= 4 is 33.3 Å². The van der Waals surface area contributed by atoms with Crippen LogP contribution >= 0.6 is 11.3 Å². The Bertz CT molecular complexity index is 1050. The van der Waals surface area contributed by atoms with Crippen molar-refractivity contribution in [1.29, 1.82) is 0 Å². The zero-order chi connectivity index (χ0) is 19.4. The van der Waals surface area contributed by atoms with Crippen LogP contribution in [0.4, 0.5) is 5.88 Å². The van der Waals surface area contributed by atoms with Gasteiger partial charge >= 0.3 is 11.8 Å². The van der Waals surface area contributed by atoms with Crippen molar-refractivity contribution in [3.8, 4) is 5.75 Å². The summed E-state index contributed by atoms with van der Waals surface area (Å²) in [4.78, 5) is 27.0. The topological polar surface area (TPSA) is 109 Å². The number of hydrogen-bond acceptors (Lipinski definition) is 7. The second kappa shape index (κ2) is 8.14. The molecule has 0 radical (unpaired) electrons. The van der Waals surface area contributed by atoms with Crippen molar-refractivity contribution < 1.29 is 23.6 Å². The van der Waals surface area contributed by atoms with E-state index in [9.17, 15) is 14.9 Å². The molecule has 0 fully saturated rings. The standard InChI is InChI=1S/C17H17N3O6S/c1-3-25-11-5-4-6-13-15(11)19(9-10-24-2)17(27-13)18-16(21)12-7-8-14(26-12)20(22)23/h4-8H,3,9-10H2,1-2H3. The number of methoxy groups -OCH3 is 1. The summed E-state index contributed by atoms with van der Waals surface area (Å²) in [5.41, 5.74) is 0.818. The Kier molecular flexibility index (Phi) is 5.67. The van der Waals surface area contributed by atoms with Crippen molar-refractivity contribution in [2.45, 2.75) is 13.5 Å². The van der Waals surface area contributed by atoms with Crippen LogP contribution in [-0.4, -0.2) is 35.7 Å². The number of carbonyl (C=O) groups is 1. The minimum atomic E-state index is -0.705. The Balaban J connectivity index is 2.11. The van der Waals surface area contributed by atoms with Crippen molar-refractivity contribution in [1.82, 2.24) is 4.57 Å². The Morgan fingerprint density at radius 3 is 2.85 bits per heavy atom. The number of thiazole rings is 1. The predicted molar refractivity (Wildman–Crippen MR) is 98.1 cm³/mol. The minimum absolute atomic E-state index is 0.192. The van der Waals surface area contributed by atoms with Crippen LogP contribution in [0.25, 0.3) is 10.2 Å². The predicted octanol–water partition coefficient (Wildman–Crippen LogP) is 2.99. The number of fused-ring (bicyclic) bond motifs is 1. The normalized spacial score (nSPS) is 11.9. The molecule has 3 rings (SSSR count). The summed E-state index contributed by atoms with van der Waals surface area (Å²) < 4.78 is 18.5. The van der Waals surface area contributed by atoms with Gasteiger partial charge in [-0.2, -0.15) is 4.99 Å². The van der Waals surface area contributed by atoms with Gasteiger partial charge in [0.1, 0.15) is 16.2 Å². The number of carbonyl (C=O) groups excluding carboxylic acids is 1. The largest absolute Gasteiger partial charge is 0.492 e. The van der Waals surface area contributed by atoms with E-state index in [4.69, 9.17) is 13.9 Å². The van der Waals surface area contributed by atoms with E-state index in [1.807, 2.05) is 29.7 Å². The summed E-state index contributed by atoms with van der Waals surface area (Å²) in [6, 6.07) is 7.99. The van der Waals surface area contributed by atoms with Crippen molar-refractivity contribution in [2.24, 2.45) is 4.99 Å². The SMILES string of the molecule is CCOc1cccc2sc(=NC(=O)c3ccc([N+](=O)[O-])o3)n(CCOC)c12. The molecule has 0 atom stereocenters. The van der Waals surface area contributed by atoms with E-state index >= 15 is 0 Å². The molecule has 0 bridgehead atoms. The maximum Gasteiger partial charge on any atom is 0.433 e. The maximum atomic E-state index is 12.4. The number of hydrogen-bond donors (Lipinski definition) is 0. The molecule has 0 N–H and O–H groups in total. The van der Waals surface area contributed by atoms with E-state index in [-0.39, 0.29) is 5.76 Å². The summed E-state index contributed by atoms with van der Waals surface area (Å²) in [6.45, 7) is 3.27. The summed E-state index contributed by atoms with van der Waals surface area (Å²) in [5.74, 6) is -0.707. The van der Waals surface area contributed by atoms with Gasteiger partial charge in [-0.3, -0.25) is 14.9 Å². The van der Waals surface area contributed by atoms with Gasteiger partial charge in [0.25, 0.3) is 0 Å². The Hall–Kier alpha value is -2.98. The minimum Gasteiger partial charge on any atom is -0.492 e. The van der Waals surface area contributed by atoms with Crippen molar-refractivity contribution in [3.05, 3.63) is 51.0 Å². The highest BCUT2D eigenvalue weighted by atomic mass is 32.1. The van der Waals surface area contributed by atoms with Gasteiger partial charge in [0.05, 0.1) is 24.0 Å². The molecule has 10 heteroatoms. The van der Waals surface area contributed by atoms with E-state index in [2.05, 4.69) is 4.99 Å². The highest BCUT2D eigenvalue weighted by Gasteiger charge is 2.18. The number of ether oxygens (including phenoxy) is 2. The molecular formula is C17H17N3O6S. The monoisotopic (exact) mass is 391 g/mol. The number of nitro groups is 1. The first kappa shape index (κ1) is 18.8. The molecule has 3 aromatic rings. The zero-order valence-electron chi connectivity index (χ0n) is 14.7. The Morgan fingerprint density at radius 2 is 2.19 bits per heavy atom. The molecule has 2 aromatic heterocycles. The summed E-state index contributed by atoms with van der Waals surface area (Å²) >= 11 is 1.31. The molecule has 0 aliphatic carbocycles. The second-order valence-corrected chi connectivity index (χ2v) is 6.39. The lowest BCUT2D eigenvalue weighted by atomic mass is 10.3. The number of amides is 1. The molecule has 0 saturated heterocycles. The number of rotatable bonds is 7. The van der Waals surface area contributed by atoms with Gasteiger partial charge in [-0.1, -0.05) is 17.4 Å². The second-order valence-electron chi connectivity index (χ2n) is 5.38. The lowest BCUT2D eigenvalue weighted by Crippen LogP contribution is -2.19. The Morgan fingerprint density at radius 1 is 1.37 bits per heavy atom. The third kappa shape index (κ3) is 3.91. The molecule has 27 heavy (non-hydrogen) atoms. The average molecular weight is 391 g/mol. The number of benzene rings is 1. The van der Waals surface area contributed by atoms with Gasteiger partial charge in [-0.25, -0.2) is 0 Å². The molecular weight excluding hydrogens is 374 g/mol. The van der Waals surface area contributed by atoms with Crippen LogP contribution in [0.2, 0.25) is 0 Å². The summed E-state index contributed by atoms with van der Waals surface area (Å²) in [7, 11) is 1.59. The van der Waals surface area contributed by atoms with E-state index in [0.29, 0.717) is 30.3 Å². The lowest BCUT2D eigenvalue weighted by molar-refractivity contribution is -0.402. The highest BCUT2D eigenvalue weighted by molar-refractivity contribution is 7.16. The quantitative estimate of drug-likeness (QED) is 0.452. The average Bonchev–Trinajstić information content (AvgIpc) is 3.26. The molecule has 0 aliphatic rings. The molecule has 0 unspecified atom stereocenters. The lowest BCUT2D eigenvalue weighted by Gasteiger charge is -2.09. The molecule has 9 nitrogen and oxygen atoms in total. The molecule has 0 saturated carbocycles. The smallest absolute Gasteiger partial charge is 0.433 e. The zero-order valence-corrected chi connectivity index (χ0v) is 15.5. The molecule has 1 amide bonds. The van der Waals surface area contributed by atoms with Crippen molar-refractivity contribution in [2.75, 3.05) is 20.3 Å². The number of furan rings is 1. The van der Waals surface area contributed by atoms with Crippen LogP contribution in [0.15, 0.2) is 39.7 Å². The third-order valence-electron chi connectivity index (χ3n) is 3.66. The van der Waals surface area contributed by atoms with E-state index < -0.39 is 16.7 Å². The van der Waals surface area contributed by atoms with Crippen LogP contribution in [0.5, 0.6) is 5.75 Å². The number of nitrogens with zero attached hydrogens (tertiary/aromatic N) is 3. The number of aromatic nitrogens is 1. The van der Waals surface area contributed by atoms with E-state index in [1.165, 1.54) is 17.4 Å². The van der Waals surface area contributed by atoms with Crippen molar-refractivity contribution in [3.63, 3.8) is 0 Å². The number of para-hydroxylation sites is 1. The van der Waals surface area contributed by atoms with Gasteiger partial charge in [-0.05, 0) is 25.1 Å². The van der Waals surface area contributed by atoms with Gasteiger partial charge in [0.2, 0.25) is 5.76 Å². The fraction of sp³-hybridized carbons (Fsp3) is 0.294. The first-order valence-electron chi connectivity index (χ1n) is 8.12. The van der Waals surface area contributed by atoms with Gasteiger partial charge < -0.3 is 18.5 Å².